The fourth-order valence-corrected chi connectivity index (χ4v) is 7.10. The molecule has 0 amide bonds. The molecule has 0 spiro atoms. The lowest BCUT2D eigenvalue weighted by Gasteiger charge is -2.49. The molecule has 0 N–H and O–H groups in total. The first kappa shape index (κ1) is 22.6. The molecule has 1 heterocycles. The average molecular weight is 391 g/mol. The van der Waals surface area contributed by atoms with Gasteiger partial charge in [0.25, 0.3) is 0 Å². The third-order valence-electron chi connectivity index (χ3n) is 9.30. The molecule has 1 nitrogen and oxygen atoms in total. The molecule has 0 aromatic heterocycles. The zero-order valence-corrected chi connectivity index (χ0v) is 20.3. The fourth-order valence-electron chi connectivity index (χ4n) is 7.10. The van der Waals surface area contributed by atoms with Gasteiger partial charge in [0.2, 0.25) is 0 Å². The van der Waals surface area contributed by atoms with Crippen LogP contribution in [0.5, 0.6) is 0 Å². The minimum atomic E-state index is 0.494. The Bertz CT molecular complexity index is 485. The Hall–Kier alpha value is -0.0400. The van der Waals surface area contributed by atoms with Crippen LogP contribution in [0.25, 0.3) is 0 Å². The van der Waals surface area contributed by atoms with Crippen molar-refractivity contribution in [1.82, 2.24) is 0 Å². The van der Waals surface area contributed by atoms with E-state index in [1.54, 1.807) is 0 Å². The van der Waals surface area contributed by atoms with Crippen molar-refractivity contribution in [3.8, 4) is 0 Å². The lowest BCUT2D eigenvalue weighted by Crippen LogP contribution is -2.39. The van der Waals surface area contributed by atoms with Crippen LogP contribution in [-0.4, -0.2) is 13.2 Å². The molecule has 28 heavy (non-hydrogen) atoms. The number of rotatable bonds is 6. The standard InChI is InChI=1S/C27H50O/c1-25(2,3)24-16-21(17-24)19-27(6,7)23-10-8-9-20(15-23)18-26(4,5)22-11-13-28-14-12-22/h20-24H,8-19H2,1-7H3. The topological polar surface area (TPSA) is 9.23 Å². The summed E-state index contributed by atoms with van der Waals surface area (Å²) in [5.74, 6) is 4.75. The van der Waals surface area contributed by atoms with Gasteiger partial charge in [-0.05, 0) is 97.2 Å². The Labute approximate surface area is 176 Å². The molecule has 1 heteroatoms. The van der Waals surface area contributed by atoms with E-state index in [-0.39, 0.29) is 0 Å². The summed E-state index contributed by atoms with van der Waals surface area (Å²) in [6.07, 6.45) is 14.4. The normalized spacial score (nSPS) is 33.5. The summed E-state index contributed by atoms with van der Waals surface area (Å²) in [4.78, 5) is 0. The van der Waals surface area contributed by atoms with Crippen molar-refractivity contribution >= 4 is 0 Å². The second kappa shape index (κ2) is 8.60. The van der Waals surface area contributed by atoms with E-state index in [2.05, 4.69) is 48.5 Å². The molecule has 2 unspecified atom stereocenters. The van der Waals surface area contributed by atoms with Gasteiger partial charge >= 0.3 is 0 Å². The van der Waals surface area contributed by atoms with Crippen molar-refractivity contribution in [2.24, 2.45) is 45.8 Å². The van der Waals surface area contributed by atoms with E-state index in [4.69, 9.17) is 4.74 Å². The van der Waals surface area contributed by atoms with E-state index in [1.165, 1.54) is 64.2 Å². The van der Waals surface area contributed by atoms with E-state index in [0.29, 0.717) is 16.2 Å². The van der Waals surface area contributed by atoms with Crippen LogP contribution in [0.2, 0.25) is 0 Å². The average Bonchev–Trinajstić information content (AvgIpc) is 2.57. The molecule has 164 valence electrons. The highest BCUT2D eigenvalue weighted by Crippen LogP contribution is 2.53. The molecule has 3 rings (SSSR count). The van der Waals surface area contributed by atoms with E-state index >= 15 is 0 Å². The van der Waals surface area contributed by atoms with Crippen LogP contribution in [0.3, 0.4) is 0 Å². The summed E-state index contributed by atoms with van der Waals surface area (Å²) < 4.78 is 5.63. The molecular formula is C27H50O. The van der Waals surface area contributed by atoms with Crippen LogP contribution in [0.1, 0.15) is 113 Å². The van der Waals surface area contributed by atoms with Gasteiger partial charge in [0.1, 0.15) is 0 Å². The molecule has 2 aliphatic carbocycles. The second-order valence-electron chi connectivity index (χ2n) is 13.4. The second-order valence-corrected chi connectivity index (χ2v) is 13.4. The van der Waals surface area contributed by atoms with Gasteiger partial charge in [-0.2, -0.15) is 0 Å². The zero-order valence-electron chi connectivity index (χ0n) is 20.3. The van der Waals surface area contributed by atoms with Gasteiger partial charge < -0.3 is 4.74 Å². The van der Waals surface area contributed by atoms with Crippen LogP contribution >= 0.6 is 0 Å². The zero-order chi connectivity index (χ0) is 20.6. The van der Waals surface area contributed by atoms with Gasteiger partial charge in [0.05, 0.1) is 0 Å². The number of hydrogen-bond donors (Lipinski definition) is 0. The summed E-state index contributed by atoms with van der Waals surface area (Å²) in [5, 5.41) is 0. The molecule has 3 fully saturated rings. The minimum absolute atomic E-state index is 0.494. The third kappa shape index (κ3) is 5.55. The van der Waals surface area contributed by atoms with E-state index in [0.717, 1.165) is 42.8 Å². The number of ether oxygens (including phenoxy) is 1. The predicted octanol–water partition coefficient (Wildman–Crippen LogP) is 8.12. The lowest BCUT2D eigenvalue weighted by atomic mass is 9.56. The molecule has 2 atom stereocenters. The molecule has 3 aliphatic rings. The van der Waals surface area contributed by atoms with Crippen LogP contribution in [0, 0.1) is 45.8 Å². The van der Waals surface area contributed by atoms with Crippen molar-refractivity contribution in [2.45, 2.75) is 113 Å². The van der Waals surface area contributed by atoms with Crippen molar-refractivity contribution in [1.29, 1.82) is 0 Å². The van der Waals surface area contributed by atoms with E-state index < -0.39 is 0 Å². The Balaban J connectivity index is 1.51. The fraction of sp³-hybridized carbons (Fsp3) is 1.00. The van der Waals surface area contributed by atoms with Crippen molar-refractivity contribution in [2.75, 3.05) is 13.2 Å². The maximum absolute atomic E-state index is 5.63. The molecular weight excluding hydrogens is 340 g/mol. The molecule has 1 aliphatic heterocycles. The van der Waals surface area contributed by atoms with Crippen LogP contribution in [0.15, 0.2) is 0 Å². The molecule has 0 bridgehead atoms. The number of hydrogen-bond acceptors (Lipinski definition) is 1. The highest BCUT2D eigenvalue weighted by molar-refractivity contribution is 4.93. The van der Waals surface area contributed by atoms with Crippen molar-refractivity contribution < 1.29 is 4.74 Å². The summed E-state index contributed by atoms with van der Waals surface area (Å²) in [5.41, 5.74) is 1.55. The molecule has 0 radical (unpaired) electrons. The molecule has 2 saturated carbocycles. The van der Waals surface area contributed by atoms with Gasteiger partial charge in [-0.15, -0.1) is 0 Å². The monoisotopic (exact) mass is 390 g/mol. The maximum Gasteiger partial charge on any atom is 0.0468 e. The lowest BCUT2D eigenvalue weighted by molar-refractivity contribution is -0.00240. The molecule has 0 aromatic carbocycles. The van der Waals surface area contributed by atoms with Crippen LogP contribution < -0.4 is 0 Å². The van der Waals surface area contributed by atoms with Gasteiger partial charge in [-0.25, -0.2) is 0 Å². The first-order valence-electron chi connectivity index (χ1n) is 12.5. The Morgan fingerprint density at radius 3 is 1.75 bits per heavy atom. The highest BCUT2D eigenvalue weighted by Gasteiger charge is 2.43. The first-order valence-corrected chi connectivity index (χ1v) is 12.5. The first-order chi connectivity index (χ1) is 13.0. The summed E-state index contributed by atoms with van der Waals surface area (Å²) >= 11 is 0. The van der Waals surface area contributed by atoms with E-state index in [1.807, 2.05) is 0 Å². The Kier molecular flexibility index (Phi) is 6.96. The van der Waals surface area contributed by atoms with Gasteiger partial charge in [-0.1, -0.05) is 61.3 Å². The molecule has 1 saturated heterocycles. The van der Waals surface area contributed by atoms with E-state index in [9.17, 15) is 0 Å². The van der Waals surface area contributed by atoms with Gasteiger partial charge in [0, 0.05) is 13.2 Å². The quantitative estimate of drug-likeness (QED) is 0.445. The van der Waals surface area contributed by atoms with Crippen LogP contribution in [0.4, 0.5) is 0 Å². The Morgan fingerprint density at radius 1 is 0.607 bits per heavy atom. The molecule has 0 aromatic rings. The van der Waals surface area contributed by atoms with Crippen molar-refractivity contribution in [3.63, 3.8) is 0 Å². The Morgan fingerprint density at radius 2 is 1.14 bits per heavy atom. The summed E-state index contributed by atoms with van der Waals surface area (Å²) in [7, 11) is 0. The summed E-state index contributed by atoms with van der Waals surface area (Å²) in [6.45, 7) is 19.6. The SMILES string of the molecule is CC(C)(C)C1CC(CC(C)(C)C2CCCC(CC(C)(C)C3CCOCC3)C2)C1. The largest absolute Gasteiger partial charge is 0.381 e. The van der Waals surface area contributed by atoms with Crippen molar-refractivity contribution in [3.05, 3.63) is 0 Å². The van der Waals surface area contributed by atoms with Crippen LogP contribution in [-0.2, 0) is 4.74 Å². The predicted molar refractivity (Wildman–Crippen MR) is 121 cm³/mol. The minimum Gasteiger partial charge on any atom is -0.381 e. The summed E-state index contributed by atoms with van der Waals surface area (Å²) in [6, 6.07) is 0. The maximum atomic E-state index is 5.63. The highest BCUT2D eigenvalue weighted by atomic mass is 16.5. The van der Waals surface area contributed by atoms with Gasteiger partial charge in [-0.3, -0.25) is 0 Å². The smallest absolute Gasteiger partial charge is 0.0468 e. The van der Waals surface area contributed by atoms with Gasteiger partial charge in [0.15, 0.2) is 0 Å². The third-order valence-corrected chi connectivity index (χ3v) is 9.30.